The third-order valence-corrected chi connectivity index (χ3v) is 5.22. The van der Waals surface area contributed by atoms with E-state index in [2.05, 4.69) is 30.6 Å². The number of aromatic nitrogens is 3. The molecule has 0 bridgehead atoms. The lowest BCUT2D eigenvalue weighted by Crippen LogP contribution is -2.42. The fourth-order valence-corrected chi connectivity index (χ4v) is 3.51. The smallest absolute Gasteiger partial charge is 0.413 e. The lowest BCUT2D eigenvalue weighted by molar-refractivity contribution is 0.157. The Labute approximate surface area is 198 Å². The monoisotopic (exact) mass is 468 g/mol. The summed E-state index contributed by atoms with van der Waals surface area (Å²) in [5, 5.41) is 6.64. The Balaban J connectivity index is 1.62. The molecule has 1 aromatic carbocycles. The maximum Gasteiger partial charge on any atom is 0.413 e. The molecule has 0 aliphatic carbocycles. The van der Waals surface area contributed by atoms with E-state index < -0.39 is 6.09 Å². The molecule has 0 saturated heterocycles. The fourth-order valence-electron chi connectivity index (χ4n) is 3.38. The van der Waals surface area contributed by atoms with Gasteiger partial charge in [-0.2, -0.15) is 0 Å². The van der Waals surface area contributed by atoms with E-state index in [1.165, 1.54) is 0 Å². The molecule has 0 aliphatic rings. The van der Waals surface area contributed by atoms with E-state index in [1.54, 1.807) is 25.6 Å². The molecule has 0 fully saturated rings. The van der Waals surface area contributed by atoms with Crippen molar-refractivity contribution in [3.63, 3.8) is 0 Å². The van der Waals surface area contributed by atoms with Crippen LogP contribution in [0.15, 0.2) is 66.2 Å². The Bertz CT molecular complexity index is 994. The van der Waals surface area contributed by atoms with Gasteiger partial charge in [-0.15, -0.1) is 0 Å². The Morgan fingerprint density at radius 1 is 1.24 bits per heavy atom. The number of pyridine rings is 1. The summed E-state index contributed by atoms with van der Waals surface area (Å²) < 4.78 is 5.01. The van der Waals surface area contributed by atoms with Crippen LogP contribution < -0.4 is 10.6 Å². The lowest BCUT2D eigenvalue weighted by Gasteiger charge is -2.18. The first-order valence-electron chi connectivity index (χ1n) is 11.0. The number of benzene rings is 1. The number of imidazole rings is 1. The average molecular weight is 469 g/mol. The molecular weight excluding hydrogens is 440 g/mol. The third-order valence-electron chi connectivity index (χ3n) is 4.97. The van der Waals surface area contributed by atoms with Gasteiger partial charge in [0.05, 0.1) is 12.9 Å². The maximum absolute atomic E-state index is 12.0. The average Bonchev–Trinajstić information content (AvgIpc) is 3.34. The van der Waals surface area contributed by atoms with E-state index in [4.69, 9.17) is 16.3 Å². The first kappa shape index (κ1) is 24.3. The predicted octanol–water partition coefficient (Wildman–Crippen LogP) is 4.30. The van der Waals surface area contributed by atoms with Gasteiger partial charge in [-0.25, -0.2) is 9.78 Å². The van der Waals surface area contributed by atoms with Gasteiger partial charge in [-0.1, -0.05) is 29.8 Å². The van der Waals surface area contributed by atoms with Crippen LogP contribution in [0, 0.1) is 0 Å². The highest BCUT2D eigenvalue weighted by Crippen LogP contribution is 2.27. The van der Waals surface area contributed by atoms with Crippen molar-refractivity contribution in [1.82, 2.24) is 25.6 Å². The molecular formula is C24H29ClN6O2. The van der Waals surface area contributed by atoms with Gasteiger partial charge in [0.1, 0.15) is 0 Å². The standard InChI is InChI=1S/C24H29ClN6O2/c1-2-33-24(32)31-23(28-14-5-6-20-16-26-17-30-20)29-15-12-21(22-7-3-4-13-27-22)18-8-10-19(25)11-9-18/h3-4,7-11,13,16-17,21H,2,5-6,12,14-15H2,1H3,(H,26,30)(H2,28,29,31,32). The Morgan fingerprint density at radius 2 is 2.09 bits per heavy atom. The number of halogens is 1. The van der Waals surface area contributed by atoms with Gasteiger partial charge >= 0.3 is 6.09 Å². The van der Waals surface area contributed by atoms with Crippen LogP contribution in [0.25, 0.3) is 0 Å². The molecule has 1 atom stereocenters. The SMILES string of the molecule is CCOC(=O)NC(=NCCCc1cnc[nH]1)NCCC(c1ccc(Cl)cc1)c1ccccn1. The van der Waals surface area contributed by atoms with Gasteiger partial charge in [-0.3, -0.25) is 15.3 Å². The topological polar surface area (TPSA) is 104 Å². The highest BCUT2D eigenvalue weighted by atomic mass is 35.5. The number of carbonyl (C=O) groups is 1. The van der Waals surface area contributed by atoms with Crippen LogP contribution in [0.3, 0.4) is 0 Å². The number of nitrogens with one attached hydrogen (secondary N) is 3. The van der Waals surface area contributed by atoms with Crippen molar-refractivity contribution in [3.05, 3.63) is 83.2 Å². The van der Waals surface area contributed by atoms with E-state index in [1.807, 2.05) is 42.5 Å². The first-order chi connectivity index (χ1) is 16.2. The molecule has 0 radical (unpaired) electrons. The number of carbonyl (C=O) groups excluding carboxylic acids is 1. The van der Waals surface area contributed by atoms with E-state index in [0.717, 1.165) is 36.2 Å². The summed E-state index contributed by atoms with van der Waals surface area (Å²) in [7, 11) is 0. The zero-order valence-electron chi connectivity index (χ0n) is 18.6. The number of nitrogens with zero attached hydrogens (tertiary/aromatic N) is 3. The van der Waals surface area contributed by atoms with E-state index in [-0.39, 0.29) is 12.5 Å². The highest BCUT2D eigenvalue weighted by molar-refractivity contribution is 6.30. The molecule has 9 heteroatoms. The second-order valence-electron chi connectivity index (χ2n) is 7.33. The second kappa shape index (κ2) is 13.2. The molecule has 0 aliphatic heterocycles. The molecule has 174 valence electrons. The predicted molar refractivity (Wildman–Crippen MR) is 130 cm³/mol. The van der Waals surface area contributed by atoms with E-state index in [9.17, 15) is 4.79 Å². The molecule has 8 nitrogen and oxygen atoms in total. The number of hydrogen-bond donors (Lipinski definition) is 3. The van der Waals surface area contributed by atoms with Crippen molar-refractivity contribution >= 4 is 23.7 Å². The largest absolute Gasteiger partial charge is 0.450 e. The number of H-pyrrole nitrogens is 1. The molecule has 3 N–H and O–H groups in total. The van der Waals surface area contributed by atoms with Crippen molar-refractivity contribution in [3.8, 4) is 0 Å². The van der Waals surface area contributed by atoms with E-state index in [0.29, 0.717) is 24.1 Å². The van der Waals surface area contributed by atoms with Crippen LogP contribution in [-0.2, 0) is 11.2 Å². The minimum atomic E-state index is -0.531. The normalized spacial score (nSPS) is 12.2. The lowest BCUT2D eigenvalue weighted by atomic mass is 9.92. The number of rotatable bonds is 10. The number of amides is 1. The summed E-state index contributed by atoms with van der Waals surface area (Å²) in [6.07, 6.45) is 7.11. The van der Waals surface area contributed by atoms with Crippen LogP contribution in [0.5, 0.6) is 0 Å². The summed E-state index contributed by atoms with van der Waals surface area (Å²) in [6, 6.07) is 13.7. The number of hydrogen-bond acceptors (Lipinski definition) is 5. The summed E-state index contributed by atoms with van der Waals surface area (Å²) >= 11 is 6.07. The minimum absolute atomic E-state index is 0.0696. The van der Waals surface area contributed by atoms with E-state index >= 15 is 0 Å². The minimum Gasteiger partial charge on any atom is -0.450 e. The van der Waals surface area contributed by atoms with Crippen molar-refractivity contribution in [2.24, 2.45) is 4.99 Å². The van der Waals surface area contributed by atoms with Gasteiger partial charge in [-0.05, 0) is 56.0 Å². The molecule has 2 aromatic heterocycles. The molecule has 0 saturated carbocycles. The molecule has 1 amide bonds. The van der Waals surface area contributed by atoms with Crippen molar-refractivity contribution < 1.29 is 9.53 Å². The molecule has 1 unspecified atom stereocenters. The highest BCUT2D eigenvalue weighted by Gasteiger charge is 2.16. The van der Waals surface area contributed by atoms with Crippen molar-refractivity contribution in [2.45, 2.75) is 32.1 Å². The zero-order chi connectivity index (χ0) is 23.3. The molecule has 3 rings (SSSR count). The van der Waals surface area contributed by atoms with Crippen LogP contribution in [0.4, 0.5) is 4.79 Å². The number of guanidine groups is 1. The summed E-state index contributed by atoms with van der Waals surface area (Å²) in [5.74, 6) is 0.467. The van der Waals surface area contributed by atoms with Crippen LogP contribution in [0.1, 0.15) is 42.6 Å². The Hall–Kier alpha value is -3.39. The van der Waals surface area contributed by atoms with Gasteiger partial charge in [0.15, 0.2) is 0 Å². The fraction of sp³-hybridized carbons (Fsp3) is 0.333. The van der Waals surface area contributed by atoms with Crippen molar-refractivity contribution in [2.75, 3.05) is 19.7 Å². The number of ether oxygens (including phenoxy) is 1. The maximum atomic E-state index is 12.0. The van der Waals surface area contributed by atoms with Gasteiger partial charge < -0.3 is 15.0 Å². The summed E-state index contributed by atoms with van der Waals surface area (Å²) in [5.41, 5.74) is 3.15. The molecule has 3 aromatic rings. The van der Waals surface area contributed by atoms with Crippen LogP contribution >= 0.6 is 11.6 Å². The quantitative estimate of drug-likeness (QED) is 0.234. The number of aromatic amines is 1. The molecule has 2 heterocycles. The van der Waals surface area contributed by atoms with Gasteiger partial charge in [0, 0.05) is 47.8 Å². The second-order valence-corrected chi connectivity index (χ2v) is 7.77. The first-order valence-corrected chi connectivity index (χ1v) is 11.4. The number of aliphatic imine (C=N–C) groups is 1. The van der Waals surface area contributed by atoms with Crippen LogP contribution in [0.2, 0.25) is 5.02 Å². The Morgan fingerprint density at radius 3 is 2.79 bits per heavy atom. The van der Waals surface area contributed by atoms with Crippen molar-refractivity contribution in [1.29, 1.82) is 0 Å². The third kappa shape index (κ3) is 8.23. The van der Waals surface area contributed by atoms with Gasteiger partial charge in [0.2, 0.25) is 5.96 Å². The van der Waals surface area contributed by atoms with Gasteiger partial charge in [0.25, 0.3) is 0 Å². The summed E-state index contributed by atoms with van der Waals surface area (Å²) in [4.78, 5) is 28.1. The number of alkyl carbamates (subject to hydrolysis) is 1. The zero-order valence-corrected chi connectivity index (χ0v) is 19.4. The number of aryl methyl sites for hydroxylation is 1. The Kier molecular flexibility index (Phi) is 9.72. The molecule has 0 spiro atoms. The molecule has 33 heavy (non-hydrogen) atoms. The summed E-state index contributed by atoms with van der Waals surface area (Å²) in [6.45, 7) is 3.18. The van der Waals surface area contributed by atoms with Crippen LogP contribution in [-0.4, -0.2) is 46.7 Å².